The van der Waals surface area contributed by atoms with E-state index in [1.165, 1.54) is 0 Å². The molecule has 3 aromatic rings. The summed E-state index contributed by atoms with van der Waals surface area (Å²) in [6.07, 6.45) is 3.77. The number of hydrogen-bond donors (Lipinski definition) is 2. The molecule has 2 aromatic carbocycles. The lowest BCUT2D eigenvalue weighted by Crippen LogP contribution is -2.48. The maximum Gasteiger partial charge on any atom is 0.323 e. The molecule has 44 heavy (non-hydrogen) atoms. The monoisotopic (exact) mass is 601 g/mol. The van der Waals surface area contributed by atoms with E-state index in [1.54, 1.807) is 24.5 Å². The molecule has 5 atom stereocenters. The summed E-state index contributed by atoms with van der Waals surface area (Å²) in [6, 6.07) is 18.9. The largest absolute Gasteiger partial charge is 0.459 e. The van der Waals surface area contributed by atoms with Gasteiger partial charge in [-0.15, -0.1) is 0 Å². The van der Waals surface area contributed by atoms with Crippen LogP contribution in [0.1, 0.15) is 85.5 Å². The van der Waals surface area contributed by atoms with Crippen LogP contribution in [0.2, 0.25) is 0 Å². The smallest absolute Gasteiger partial charge is 0.323 e. The van der Waals surface area contributed by atoms with Crippen LogP contribution in [0.15, 0.2) is 73.1 Å². The summed E-state index contributed by atoms with van der Waals surface area (Å²) in [5.74, 6) is -0.374. The molecular weight excluding hydrogens is 558 g/mol. The van der Waals surface area contributed by atoms with Gasteiger partial charge in [-0.1, -0.05) is 55.5 Å². The third-order valence-corrected chi connectivity index (χ3v) is 8.21. The van der Waals surface area contributed by atoms with Crippen molar-refractivity contribution >= 4 is 11.9 Å². The van der Waals surface area contributed by atoms with Crippen molar-refractivity contribution in [2.45, 2.75) is 83.8 Å². The molecule has 9 heteroatoms. The van der Waals surface area contributed by atoms with Gasteiger partial charge in [0.2, 0.25) is 0 Å². The molecule has 1 aromatic heterocycles. The van der Waals surface area contributed by atoms with E-state index in [2.05, 4.69) is 22.1 Å². The van der Waals surface area contributed by atoms with Gasteiger partial charge in [0.25, 0.3) is 5.91 Å². The summed E-state index contributed by atoms with van der Waals surface area (Å²) in [5.41, 5.74) is 3.63. The normalized spacial score (nSPS) is 24.2. The average Bonchev–Trinajstić information content (AvgIpc) is 3.49. The van der Waals surface area contributed by atoms with Crippen LogP contribution in [0.25, 0.3) is 0 Å². The van der Waals surface area contributed by atoms with Gasteiger partial charge < -0.3 is 24.6 Å². The van der Waals surface area contributed by atoms with Gasteiger partial charge in [-0.25, -0.2) is 0 Å². The summed E-state index contributed by atoms with van der Waals surface area (Å²) >= 11 is 0. The molecule has 0 bridgehead atoms. The Morgan fingerprint density at radius 3 is 2.39 bits per heavy atom. The molecule has 0 spiro atoms. The van der Waals surface area contributed by atoms with Crippen LogP contribution in [0.5, 0.6) is 0 Å². The van der Waals surface area contributed by atoms with Crippen molar-refractivity contribution in [3.63, 3.8) is 0 Å². The van der Waals surface area contributed by atoms with Crippen molar-refractivity contribution < 1.29 is 28.9 Å². The van der Waals surface area contributed by atoms with E-state index in [-0.39, 0.29) is 42.7 Å². The first-order valence-electron chi connectivity index (χ1n) is 15.4. The number of likely N-dealkylation sites (tertiary alicyclic amines) is 1. The van der Waals surface area contributed by atoms with E-state index in [0.29, 0.717) is 18.7 Å². The molecule has 0 aliphatic carbocycles. The number of benzene rings is 2. The van der Waals surface area contributed by atoms with Gasteiger partial charge >= 0.3 is 5.97 Å². The summed E-state index contributed by atoms with van der Waals surface area (Å²) in [4.78, 5) is 31.7. The zero-order chi connectivity index (χ0) is 31.3. The fourth-order valence-corrected chi connectivity index (χ4v) is 5.81. The lowest BCUT2D eigenvalue weighted by Gasteiger charge is -2.43. The average molecular weight is 602 g/mol. The highest BCUT2D eigenvalue weighted by atomic mass is 16.7. The number of carbonyl (C=O) groups is 2. The zero-order valence-corrected chi connectivity index (χ0v) is 25.9. The summed E-state index contributed by atoms with van der Waals surface area (Å²) in [5, 5.41) is 12.5. The van der Waals surface area contributed by atoms with Gasteiger partial charge in [0.1, 0.15) is 11.6 Å². The van der Waals surface area contributed by atoms with Crippen molar-refractivity contribution in [2.24, 2.45) is 5.92 Å². The highest BCUT2D eigenvalue weighted by Gasteiger charge is 2.42. The highest BCUT2D eigenvalue weighted by molar-refractivity contribution is 5.93. The Labute approximate surface area is 259 Å². The number of aliphatic hydroxyl groups excluding tert-OH is 1. The maximum atomic E-state index is 13.1. The van der Waals surface area contributed by atoms with Crippen LogP contribution in [0.3, 0.4) is 0 Å². The molecule has 2 N–H and O–H groups in total. The first-order valence-corrected chi connectivity index (χ1v) is 15.4. The maximum absolute atomic E-state index is 13.1. The lowest BCUT2D eigenvalue weighted by atomic mass is 9.90. The van der Waals surface area contributed by atoms with E-state index >= 15 is 0 Å². The van der Waals surface area contributed by atoms with E-state index in [4.69, 9.17) is 14.2 Å². The zero-order valence-electron chi connectivity index (χ0n) is 25.9. The number of aromatic nitrogens is 1. The number of ether oxygens (including phenoxy) is 3. The van der Waals surface area contributed by atoms with E-state index in [1.807, 2.05) is 69.3 Å². The second-order valence-electron chi connectivity index (χ2n) is 12.7. The van der Waals surface area contributed by atoms with Crippen molar-refractivity contribution in [3.8, 4) is 0 Å². The Kier molecular flexibility index (Phi) is 10.1. The molecule has 2 fully saturated rings. The SMILES string of the molecule is C[C@@H]1[C@H](CN2CCC[C@H]2C(=O)OC(C)(C)C)O[C@H](c2ccc(CNC(=O)c3cccnc3)cc2)O[C@@H]1c1ccc(CO)cc1. The number of aliphatic hydroxyl groups is 1. The molecule has 2 aliphatic heterocycles. The number of amides is 1. The number of pyridine rings is 1. The minimum absolute atomic E-state index is 0.00641. The third kappa shape index (κ3) is 7.90. The fourth-order valence-electron chi connectivity index (χ4n) is 5.81. The van der Waals surface area contributed by atoms with Crippen LogP contribution in [0, 0.1) is 5.92 Å². The Morgan fingerprint density at radius 1 is 1.02 bits per heavy atom. The van der Waals surface area contributed by atoms with Crippen LogP contribution < -0.4 is 5.32 Å². The Morgan fingerprint density at radius 2 is 1.73 bits per heavy atom. The van der Waals surface area contributed by atoms with Crippen LogP contribution in [0.4, 0.5) is 0 Å². The van der Waals surface area contributed by atoms with E-state index in [9.17, 15) is 14.7 Å². The van der Waals surface area contributed by atoms with Gasteiger partial charge in [0.15, 0.2) is 6.29 Å². The molecule has 2 aliphatic rings. The molecule has 2 saturated heterocycles. The first kappa shape index (κ1) is 31.8. The molecule has 234 valence electrons. The standard InChI is InChI=1S/C35H43N3O6/c1-23-30(21-38-18-6-8-29(38)33(41)44-35(2,3)4)42-34(43-31(23)26-13-11-25(22-39)12-14-26)27-15-9-24(10-16-27)19-37-32(40)28-7-5-17-36-20-28/h5,7,9-17,20,23,29-31,34,39H,6,8,18-19,21-22H2,1-4H3,(H,37,40)/t23-,29+,30+,31+,34+/m1/s1. The van der Waals surface area contributed by atoms with Crippen LogP contribution in [-0.4, -0.2) is 57.7 Å². The second kappa shape index (κ2) is 14.0. The minimum Gasteiger partial charge on any atom is -0.459 e. The highest BCUT2D eigenvalue weighted by Crippen LogP contribution is 2.42. The first-order chi connectivity index (χ1) is 21.1. The molecule has 0 saturated carbocycles. The Bertz CT molecular complexity index is 1390. The number of hydrogen-bond acceptors (Lipinski definition) is 8. The Hall–Kier alpha value is -3.63. The third-order valence-electron chi connectivity index (χ3n) is 8.21. The van der Waals surface area contributed by atoms with Crippen molar-refractivity contribution in [3.05, 3.63) is 101 Å². The molecule has 9 nitrogen and oxygen atoms in total. The number of nitrogens with zero attached hydrogens (tertiary/aromatic N) is 2. The van der Waals surface area contributed by atoms with Gasteiger partial charge in [-0.3, -0.25) is 19.5 Å². The summed E-state index contributed by atoms with van der Waals surface area (Å²) in [6.45, 7) is 9.54. The van der Waals surface area contributed by atoms with Crippen molar-refractivity contribution in [1.82, 2.24) is 15.2 Å². The van der Waals surface area contributed by atoms with Crippen LogP contribution >= 0.6 is 0 Å². The molecule has 3 heterocycles. The Balaban J connectivity index is 1.32. The van der Waals surface area contributed by atoms with E-state index < -0.39 is 11.9 Å². The predicted octanol–water partition coefficient (Wildman–Crippen LogP) is 5.10. The number of carbonyl (C=O) groups excluding carboxylic acids is 2. The number of esters is 1. The van der Waals surface area contributed by atoms with Crippen molar-refractivity contribution in [1.29, 1.82) is 0 Å². The number of rotatable bonds is 9. The van der Waals surface area contributed by atoms with Gasteiger partial charge in [-0.2, -0.15) is 0 Å². The van der Waals surface area contributed by atoms with Gasteiger partial charge in [0, 0.05) is 37.0 Å². The number of nitrogens with one attached hydrogen (secondary N) is 1. The summed E-state index contributed by atoms with van der Waals surface area (Å²) < 4.78 is 19.0. The quantitative estimate of drug-likeness (QED) is 0.326. The molecule has 0 radical (unpaired) electrons. The van der Waals surface area contributed by atoms with E-state index in [0.717, 1.165) is 41.6 Å². The fraction of sp³-hybridized carbons (Fsp3) is 0.457. The van der Waals surface area contributed by atoms with Crippen LogP contribution in [-0.2, 0) is 32.2 Å². The van der Waals surface area contributed by atoms with Gasteiger partial charge in [0.05, 0.1) is 24.4 Å². The molecule has 1 amide bonds. The van der Waals surface area contributed by atoms with Crippen molar-refractivity contribution in [2.75, 3.05) is 13.1 Å². The second-order valence-corrected chi connectivity index (χ2v) is 12.7. The van der Waals surface area contributed by atoms with Gasteiger partial charge in [-0.05, 0) is 69.0 Å². The predicted molar refractivity (Wildman–Crippen MR) is 165 cm³/mol. The minimum atomic E-state index is -0.625. The molecular formula is C35H43N3O6. The molecule has 5 rings (SSSR count). The topological polar surface area (TPSA) is 110 Å². The summed E-state index contributed by atoms with van der Waals surface area (Å²) in [7, 11) is 0. The molecule has 0 unspecified atom stereocenters. The lowest BCUT2D eigenvalue weighted by molar-refractivity contribution is -0.276.